The van der Waals surface area contributed by atoms with Gasteiger partial charge in [-0.3, -0.25) is 4.79 Å². The maximum absolute atomic E-state index is 14.0. The van der Waals surface area contributed by atoms with Crippen molar-refractivity contribution in [2.45, 2.75) is 24.5 Å². The molecule has 1 aliphatic heterocycles. The predicted molar refractivity (Wildman–Crippen MR) is 104 cm³/mol. The van der Waals surface area contributed by atoms with E-state index in [2.05, 4.69) is 0 Å². The van der Waals surface area contributed by atoms with Crippen LogP contribution in [0.15, 0.2) is 48.5 Å². The summed E-state index contributed by atoms with van der Waals surface area (Å²) < 4.78 is 19.2. The first-order valence-electron chi connectivity index (χ1n) is 8.94. The molecule has 0 radical (unpaired) electrons. The summed E-state index contributed by atoms with van der Waals surface area (Å²) in [6.45, 7) is 1.42. The Kier molecular flexibility index (Phi) is 6.56. The summed E-state index contributed by atoms with van der Waals surface area (Å²) in [6, 6.07) is 14.8. The third kappa shape index (κ3) is 4.79. The number of hydrogen-bond acceptors (Lipinski definition) is 3. The molecule has 1 atom stereocenters. The van der Waals surface area contributed by atoms with Crippen molar-refractivity contribution in [1.82, 2.24) is 4.90 Å². The molecule has 1 saturated heterocycles. The van der Waals surface area contributed by atoms with E-state index in [0.717, 1.165) is 42.0 Å². The van der Waals surface area contributed by atoms with Crippen LogP contribution in [0.5, 0.6) is 5.75 Å². The summed E-state index contributed by atoms with van der Waals surface area (Å²) in [4.78, 5) is 14.5. The number of rotatable bonds is 5. The smallest absolute Gasteiger partial charge is 0.222 e. The van der Waals surface area contributed by atoms with Crippen LogP contribution in [0, 0.1) is 5.82 Å². The van der Waals surface area contributed by atoms with Crippen LogP contribution in [0.1, 0.15) is 29.2 Å². The van der Waals surface area contributed by atoms with Gasteiger partial charge in [0.15, 0.2) is 0 Å². The van der Waals surface area contributed by atoms with Gasteiger partial charge in [0.2, 0.25) is 5.91 Å². The van der Waals surface area contributed by atoms with Gasteiger partial charge in [-0.2, -0.15) is 11.8 Å². The number of ether oxygens (including phenoxy) is 1. The summed E-state index contributed by atoms with van der Waals surface area (Å²) in [5, 5.41) is 0.121. The van der Waals surface area contributed by atoms with Crippen LogP contribution < -0.4 is 4.74 Å². The number of nitrogens with zero attached hydrogens (tertiary/aromatic N) is 1. The molecule has 1 amide bonds. The molecule has 2 aromatic rings. The molecule has 26 heavy (non-hydrogen) atoms. The van der Waals surface area contributed by atoms with E-state index < -0.39 is 0 Å². The highest BCUT2D eigenvalue weighted by atomic mass is 32.2. The number of methoxy groups -OCH3 is 1. The van der Waals surface area contributed by atoms with Gasteiger partial charge in [-0.05, 0) is 36.6 Å². The molecule has 1 fully saturated rings. The minimum Gasteiger partial charge on any atom is -0.497 e. The number of thioether (sulfide) groups is 1. The fourth-order valence-electron chi connectivity index (χ4n) is 3.21. The van der Waals surface area contributed by atoms with Gasteiger partial charge >= 0.3 is 0 Å². The molecule has 3 nitrogen and oxygen atoms in total. The van der Waals surface area contributed by atoms with Crippen LogP contribution >= 0.6 is 11.8 Å². The molecule has 0 spiro atoms. The number of benzene rings is 2. The zero-order chi connectivity index (χ0) is 18.4. The summed E-state index contributed by atoms with van der Waals surface area (Å²) in [7, 11) is 1.64. The Morgan fingerprint density at radius 1 is 1.19 bits per heavy atom. The number of amides is 1. The Labute approximate surface area is 158 Å². The molecule has 2 aromatic carbocycles. The Balaban J connectivity index is 1.53. The van der Waals surface area contributed by atoms with Crippen LogP contribution in [-0.2, 0) is 11.2 Å². The third-order valence-electron chi connectivity index (χ3n) is 4.73. The number of hydrogen-bond donors (Lipinski definition) is 0. The molecule has 5 heteroatoms. The Morgan fingerprint density at radius 3 is 2.69 bits per heavy atom. The maximum Gasteiger partial charge on any atom is 0.222 e. The molecular formula is C21H24FNO2S. The van der Waals surface area contributed by atoms with Gasteiger partial charge < -0.3 is 9.64 Å². The summed E-state index contributed by atoms with van der Waals surface area (Å²) in [6.07, 6.45) is 2.02. The third-order valence-corrected chi connectivity index (χ3v) is 6.04. The summed E-state index contributed by atoms with van der Waals surface area (Å²) in [5.41, 5.74) is 1.89. The molecular weight excluding hydrogens is 349 g/mol. The van der Waals surface area contributed by atoms with Crippen molar-refractivity contribution >= 4 is 17.7 Å². The van der Waals surface area contributed by atoms with Gasteiger partial charge in [0.25, 0.3) is 0 Å². The summed E-state index contributed by atoms with van der Waals surface area (Å²) >= 11 is 1.74. The summed E-state index contributed by atoms with van der Waals surface area (Å²) in [5.74, 6) is 1.69. The van der Waals surface area contributed by atoms with Crippen molar-refractivity contribution in [1.29, 1.82) is 0 Å². The standard InChI is InChI=1S/C21H24FNO2S/c1-25-17-9-6-16(7-10-17)8-11-21(24)23-13-12-20(26-15-14-23)18-4-2-3-5-19(18)22/h2-7,9-10,20H,8,11-15H2,1H3. The van der Waals surface area contributed by atoms with E-state index in [9.17, 15) is 9.18 Å². The van der Waals surface area contributed by atoms with E-state index in [1.807, 2.05) is 41.3 Å². The van der Waals surface area contributed by atoms with Crippen molar-refractivity contribution in [2.24, 2.45) is 0 Å². The molecule has 0 aliphatic carbocycles. The minimum absolute atomic E-state index is 0.121. The van der Waals surface area contributed by atoms with Crippen LogP contribution in [-0.4, -0.2) is 36.8 Å². The number of aryl methyl sites for hydroxylation is 1. The molecule has 0 bridgehead atoms. The fourth-order valence-corrected chi connectivity index (χ4v) is 4.46. The molecule has 0 N–H and O–H groups in total. The van der Waals surface area contributed by atoms with E-state index in [1.165, 1.54) is 6.07 Å². The van der Waals surface area contributed by atoms with Gasteiger partial charge in [0, 0.05) is 36.1 Å². The molecule has 3 rings (SSSR count). The van der Waals surface area contributed by atoms with E-state index in [-0.39, 0.29) is 17.0 Å². The first kappa shape index (κ1) is 18.8. The van der Waals surface area contributed by atoms with E-state index in [1.54, 1.807) is 24.9 Å². The van der Waals surface area contributed by atoms with Crippen molar-refractivity contribution < 1.29 is 13.9 Å². The lowest BCUT2D eigenvalue weighted by Crippen LogP contribution is -2.33. The lowest BCUT2D eigenvalue weighted by molar-refractivity contribution is -0.130. The average Bonchev–Trinajstić information content (AvgIpc) is 2.93. The SMILES string of the molecule is COc1ccc(CCC(=O)N2CCSC(c3ccccc3F)CC2)cc1. The van der Waals surface area contributed by atoms with Crippen molar-refractivity contribution in [3.05, 3.63) is 65.5 Å². The zero-order valence-corrected chi connectivity index (χ0v) is 15.8. The molecule has 138 valence electrons. The first-order chi connectivity index (χ1) is 12.7. The quantitative estimate of drug-likeness (QED) is 0.774. The van der Waals surface area contributed by atoms with Crippen LogP contribution in [0.2, 0.25) is 0 Å². The molecule has 1 heterocycles. The Bertz CT molecular complexity index is 735. The van der Waals surface area contributed by atoms with Crippen molar-refractivity contribution in [2.75, 3.05) is 26.0 Å². The second-order valence-corrected chi connectivity index (χ2v) is 7.71. The van der Waals surface area contributed by atoms with Crippen LogP contribution in [0.3, 0.4) is 0 Å². The Hall–Kier alpha value is -2.01. The zero-order valence-electron chi connectivity index (χ0n) is 15.0. The second-order valence-electron chi connectivity index (χ2n) is 6.40. The van der Waals surface area contributed by atoms with Gasteiger partial charge in [0.1, 0.15) is 11.6 Å². The largest absolute Gasteiger partial charge is 0.497 e. The minimum atomic E-state index is -0.149. The van der Waals surface area contributed by atoms with Gasteiger partial charge in [-0.1, -0.05) is 30.3 Å². The molecule has 1 unspecified atom stereocenters. The lowest BCUT2D eigenvalue weighted by Gasteiger charge is -2.20. The lowest BCUT2D eigenvalue weighted by atomic mass is 10.1. The van der Waals surface area contributed by atoms with E-state index >= 15 is 0 Å². The van der Waals surface area contributed by atoms with Crippen molar-refractivity contribution in [3.8, 4) is 5.75 Å². The first-order valence-corrected chi connectivity index (χ1v) is 9.99. The second kappa shape index (κ2) is 9.08. The number of carbonyl (C=O) groups is 1. The highest BCUT2D eigenvalue weighted by Gasteiger charge is 2.23. The highest BCUT2D eigenvalue weighted by Crippen LogP contribution is 2.35. The van der Waals surface area contributed by atoms with Crippen molar-refractivity contribution in [3.63, 3.8) is 0 Å². The topological polar surface area (TPSA) is 29.5 Å². The number of carbonyl (C=O) groups excluding carboxylic acids is 1. The Morgan fingerprint density at radius 2 is 1.96 bits per heavy atom. The maximum atomic E-state index is 14.0. The molecule has 0 saturated carbocycles. The van der Waals surface area contributed by atoms with Crippen LogP contribution in [0.25, 0.3) is 0 Å². The molecule has 1 aliphatic rings. The number of halogens is 1. The highest BCUT2D eigenvalue weighted by molar-refractivity contribution is 7.99. The fraction of sp³-hybridized carbons (Fsp3) is 0.381. The average molecular weight is 373 g/mol. The van der Waals surface area contributed by atoms with Gasteiger partial charge in [-0.15, -0.1) is 0 Å². The van der Waals surface area contributed by atoms with Gasteiger partial charge in [0.05, 0.1) is 7.11 Å². The predicted octanol–water partition coefficient (Wildman–Crippen LogP) is 4.47. The molecule has 0 aromatic heterocycles. The van der Waals surface area contributed by atoms with Crippen LogP contribution in [0.4, 0.5) is 4.39 Å². The normalized spacial score (nSPS) is 17.6. The van der Waals surface area contributed by atoms with E-state index in [0.29, 0.717) is 13.0 Å². The van der Waals surface area contributed by atoms with E-state index in [4.69, 9.17) is 4.74 Å². The van der Waals surface area contributed by atoms with Gasteiger partial charge in [-0.25, -0.2) is 4.39 Å². The monoisotopic (exact) mass is 373 g/mol.